The summed E-state index contributed by atoms with van der Waals surface area (Å²) < 4.78 is 86.3. The van der Waals surface area contributed by atoms with Gasteiger partial charge in [0.1, 0.15) is 17.6 Å². The Kier molecular flexibility index (Phi) is 7.88. The molecule has 10 nitrogen and oxygen atoms in total. The Labute approximate surface area is 237 Å². The number of alkyl halides is 4. The number of nitrogens with two attached hydrogens (primary N) is 1. The number of hydrogen-bond acceptors (Lipinski definition) is 7. The van der Waals surface area contributed by atoms with Gasteiger partial charge in [0, 0.05) is 24.7 Å². The molecule has 2 atom stereocenters. The minimum Gasteiger partial charge on any atom is -0.486 e. The quantitative estimate of drug-likeness (QED) is 0.388. The fourth-order valence-corrected chi connectivity index (χ4v) is 6.26. The van der Waals surface area contributed by atoms with E-state index in [2.05, 4.69) is 9.84 Å². The third-order valence-electron chi connectivity index (χ3n) is 7.07. The van der Waals surface area contributed by atoms with E-state index >= 15 is 4.39 Å². The summed E-state index contributed by atoms with van der Waals surface area (Å²) in [7, 11) is -3.03. The summed E-state index contributed by atoms with van der Waals surface area (Å²) in [4.78, 5) is 26.2. The van der Waals surface area contributed by atoms with E-state index in [1.165, 1.54) is 29.2 Å². The molecule has 2 amide bonds. The molecule has 3 heterocycles. The largest absolute Gasteiger partial charge is 0.573 e. The number of carbonyl (C=O) groups excluding carboxylic acids is 2. The van der Waals surface area contributed by atoms with Crippen LogP contribution in [0.1, 0.15) is 28.4 Å². The molecule has 0 radical (unpaired) electrons. The van der Waals surface area contributed by atoms with Gasteiger partial charge >= 0.3 is 6.36 Å². The summed E-state index contributed by atoms with van der Waals surface area (Å²) in [6.07, 6.45) is -4.15. The maximum absolute atomic E-state index is 15.1. The molecule has 2 aliphatic rings. The lowest BCUT2D eigenvalue weighted by atomic mass is 10.0. The van der Waals surface area contributed by atoms with Crippen molar-refractivity contribution in [1.82, 2.24) is 14.7 Å². The van der Waals surface area contributed by atoms with E-state index in [1.807, 2.05) is 0 Å². The van der Waals surface area contributed by atoms with Crippen LogP contribution in [0.3, 0.4) is 0 Å². The Balaban J connectivity index is 1.19. The number of nitrogens with zero attached hydrogens (tertiary/aromatic N) is 3. The number of ether oxygens (including phenoxy) is 2. The second-order valence-electron chi connectivity index (χ2n) is 10.2. The lowest BCUT2D eigenvalue weighted by Crippen LogP contribution is -2.49. The van der Waals surface area contributed by atoms with Gasteiger partial charge in [-0.1, -0.05) is 18.2 Å². The third-order valence-corrected chi connectivity index (χ3v) is 8.86. The number of benzene rings is 2. The zero-order chi connectivity index (χ0) is 30.2. The van der Waals surface area contributed by atoms with Crippen LogP contribution in [0.2, 0.25) is 0 Å². The summed E-state index contributed by atoms with van der Waals surface area (Å²) in [5, 5.41) is 4.22. The van der Waals surface area contributed by atoms with Crippen molar-refractivity contribution in [2.45, 2.75) is 37.5 Å². The SMILES string of the molecule is NC(=O)c1cc(-c2cnn(C3CS(=O)(=O)C3)c2)ccc1O[C@@H]1CCN(C(=O)Cc2ccc(OC(F)(F)F)cc2)C[C@@H]1F. The first-order valence-electron chi connectivity index (χ1n) is 12.9. The van der Waals surface area contributed by atoms with Crippen LogP contribution in [-0.4, -0.2) is 78.1 Å². The molecule has 5 rings (SSSR count). The predicted molar refractivity (Wildman–Crippen MR) is 141 cm³/mol. The van der Waals surface area contributed by atoms with Crippen LogP contribution in [0.15, 0.2) is 54.9 Å². The summed E-state index contributed by atoms with van der Waals surface area (Å²) >= 11 is 0. The Bertz CT molecular complexity index is 1580. The first-order valence-corrected chi connectivity index (χ1v) is 14.7. The molecule has 2 aromatic carbocycles. The Morgan fingerprint density at radius 1 is 1.07 bits per heavy atom. The summed E-state index contributed by atoms with van der Waals surface area (Å²) in [5.74, 6) is -1.50. The zero-order valence-electron chi connectivity index (χ0n) is 22.0. The van der Waals surface area contributed by atoms with Gasteiger partial charge in [-0.2, -0.15) is 5.10 Å². The van der Waals surface area contributed by atoms with E-state index in [0.29, 0.717) is 16.7 Å². The van der Waals surface area contributed by atoms with Gasteiger partial charge < -0.3 is 20.1 Å². The van der Waals surface area contributed by atoms with Crippen molar-refractivity contribution in [2.75, 3.05) is 24.6 Å². The number of aromatic nitrogens is 2. The average Bonchev–Trinajstić information content (AvgIpc) is 3.39. The van der Waals surface area contributed by atoms with E-state index in [9.17, 15) is 31.2 Å². The highest BCUT2D eigenvalue weighted by Gasteiger charge is 2.36. The number of hydrogen-bond donors (Lipinski definition) is 1. The number of halogens is 4. The van der Waals surface area contributed by atoms with Crippen LogP contribution < -0.4 is 15.2 Å². The van der Waals surface area contributed by atoms with Gasteiger partial charge in [-0.3, -0.25) is 14.3 Å². The highest BCUT2D eigenvalue weighted by Crippen LogP contribution is 2.31. The monoisotopic (exact) mass is 610 g/mol. The zero-order valence-corrected chi connectivity index (χ0v) is 22.8. The molecular weight excluding hydrogens is 584 g/mol. The molecule has 0 aliphatic carbocycles. The summed E-state index contributed by atoms with van der Waals surface area (Å²) in [5.41, 5.74) is 7.25. The number of sulfone groups is 1. The van der Waals surface area contributed by atoms with Gasteiger partial charge in [-0.05, 0) is 35.4 Å². The lowest BCUT2D eigenvalue weighted by Gasteiger charge is -2.35. The van der Waals surface area contributed by atoms with Crippen molar-refractivity contribution >= 4 is 21.7 Å². The number of piperidine rings is 1. The van der Waals surface area contributed by atoms with Crippen molar-refractivity contribution < 1.29 is 45.0 Å². The van der Waals surface area contributed by atoms with E-state index < -0.39 is 46.0 Å². The predicted octanol–water partition coefficient (Wildman–Crippen LogP) is 3.08. The number of amides is 2. The van der Waals surface area contributed by atoms with E-state index in [0.717, 1.165) is 12.1 Å². The van der Waals surface area contributed by atoms with Crippen LogP contribution in [0.5, 0.6) is 11.5 Å². The van der Waals surface area contributed by atoms with Gasteiger partial charge in [0.15, 0.2) is 16.0 Å². The van der Waals surface area contributed by atoms with E-state index in [-0.39, 0.29) is 54.8 Å². The maximum Gasteiger partial charge on any atom is 0.573 e. The standard InChI is InChI=1S/C27H26F4N4O6S/c28-22-13-34(25(36)9-16-1-4-20(5-2-16)41-27(29,30)31)8-7-24(22)40-23-6-3-17(10-21(23)26(32)37)18-11-33-35(12-18)19-14-42(38,39)15-19/h1-6,10-12,19,22,24H,7-9,13-15H2,(H2,32,37)/t22-,24+/m0/s1. The smallest absolute Gasteiger partial charge is 0.486 e. The molecule has 2 N–H and O–H groups in total. The first-order chi connectivity index (χ1) is 19.8. The fraction of sp³-hybridized carbons (Fsp3) is 0.370. The molecule has 15 heteroatoms. The molecule has 0 saturated carbocycles. The molecular formula is C27H26F4N4O6S. The Morgan fingerprint density at radius 2 is 1.79 bits per heavy atom. The molecule has 3 aromatic rings. The summed E-state index contributed by atoms with van der Waals surface area (Å²) in [6.45, 7) is -0.0991. The molecule has 42 heavy (non-hydrogen) atoms. The van der Waals surface area contributed by atoms with E-state index in [1.54, 1.807) is 23.1 Å². The van der Waals surface area contributed by atoms with Gasteiger partial charge in [0.2, 0.25) is 5.91 Å². The molecule has 2 saturated heterocycles. The molecule has 1 aromatic heterocycles. The van der Waals surface area contributed by atoms with Crippen LogP contribution in [0.4, 0.5) is 17.6 Å². The lowest BCUT2D eigenvalue weighted by molar-refractivity contribution is -0.274. The van der Waals surface area contributed by atoms with Gasteiger partial charge in [0.25, 0.3) is 5.91 Å². The second-order valence-corrected chi connectivity index (χ2v) is 12.3. The van der Waals surface area contributed by atoms with Gasteiger partial charge in [-0.25, -0.2) is 12.8 Å². The maximum atomic E-state index is 15.1. The highest BCUT2D eigenvalue weighted by molar-refractivity contribution is 7.92. The van der Waals surface area contributed by atoms with Crippen molar-refractivity contribution in [1.29, 1.82) is 0 Å². The van der Waals surface area contributed by atoms with Crippen LogP contribution in [0, 0.1) is 0 Å². The normalized spacial score (nSPS) is 20.5. The number of primary amides is 1. The highest BCUT2D eigenvalue weighted by atomic mass is 32.2. The number of rotatable bonds is 8. The minimum atomic E-state index is -4.82. The van der Waals surface area contributed by atoms with E-state index in [4.69, 9.17) is 10.5 Å². The number of carbonyl (C=O) groups is 2. The average molecular weight is 611 g/mol. The Hall–Kier alpha value is -4.14. The number of likely N-dealkylation sites (tertiary alicyclic amines) is 1. The minimum absolute atomic E-state index is 0.0101. The molecule has 224 valence electrons. The summed E-state index contributed by atoms with van der Waals surface area (Å²) in [6, 6.07) is 9.26. The van der Waals surface area contributed by atoms with Crippen LogP contribution in [-0.2, 0) is 21.1 Å². The fourth-order valence-electron chi connectivity index (χ4n) is 4.88. The van der Waals surface area contributed by atoms with Crippen molar-refractivity contribution in [3.05, 3.63) is 66.0 Å². The molecule has 2 fully saturated rings. The van der Waals surface area contributed by atoms with Crippen molar-refractivity contribution in [3.63, 3.8) is 0 Å². The first kappa shape index (κ1) is 29.4. The second kappa shape index (κ2) is 11.3. The molecule has 0 unspecified atom stereocenters. The van der Waals surface area contributed by atoms with Crippen LogP contribution >= 0.6 is 0 Å². The van der Waals surface area contributed by atoms with Crippen molar-refractivity contribution in [2.24, 2.45) is 5.73 Å². The Morgan fingerprint density at radius 3 is 2.40 bits per heavy atom. The van der Waals surface area contributed by atoms with Gasteiger partial charge in [-0.15, -0.1) is 13.2 Å². The molecule has 2 aliphatic heterocycles. The third kappa shape index (κ3) is 6.83. The topological polar surface area (TPSA) is 134 Å². The molecule has 0 bridgehead atoms. The van der Waals surface area contributed by atoms with Crippen LogP contribution in [0.25, 0.3) is 11.1 Å². The molecule has 0 spiro atoms. The van der Waals surface area contributed by atoms with Crippen molar-refractivity contribution in [3.8, 4) is 22.6 Å². The van der Waals surface area contributed by atoms with Gasteiger partial charge in [0.05, 0.1) is 42.3 Å².